The molecule has 1 saturated heterocycles. The fourth-order valence-electron chi connectivity index (χ4n) is 3.27. The third-order valence-corrected chi connectivity index (χ3v) is 4.79. The first-order valence-corrected chi connectivity index (χ1v) is 8.85. The average molecular weight is 339 g/mol. The summed E-state index contributed by atoms with van der Waals surface area (Å²) in [6, 6.07) is 11.5. The molecule has 2 aromatic rings. The predicted molar refractivity (Wildman–Crippen MR) is 99.0 cm³/mol. The van der Waals surface area contributed by atoms with E-state index in [2.05, 4.69) is 17.9 Å². The topological polar surface area (TPSA) is 45.5 Å². The fourth-order valence-corrected chi connectivity index (χ4v) is 3.27. The third kappa shape index (κ3) is 3.99. The minimum Gasteiger partial charge on any atom is -0.336 e. The maximum atomic E-state index is 12.8. The van der Waals surface area contributed by atoms with Crippen LogP contribution in [0.1, 0.15) is 28.4 Å². The molecular weight excluding hydrogens is 314 g/mol. The number of piperazine rings is 1. The molecule has 0 bridgehead atoms. The molecule has 0 saturated carbocycles. The van der Waals surface area contributed by atoms with Crippen molar-refractivity contribution in [3.8, 4) is 0 Å². The van der Waals surface area contributed by atoms with E-state index in [0.717, 1.165) is 30.8 Å². The molecule has 3 rings (SSSR count). The van der Waals surface area contributed by atoms with E-state index in [4.69, 9.17) is 0 Å². The minimum atomic E-state index is -0.216. The average Bonchev–Trinajstić information content (AvgIpc) is 2.63. The van der Waals surface area contributed by atoms with Gasteiger partial charge in [-0.1, -0.05) is 36.8 Å². The third-order valence-electron chi connectivity index (χ3n) is 4.79. The Morgan fingerprint density at radius 1 is 1.08 bits per heavy atom. The number of aryl methyl sites for hydroxylation is 1. The summed E-state index contributed by atoms with van der Waals surface area (Å²) in [5.41, 5.74) is 2.27. The quantitative estimate of drug-likeness (QED) is 0.856. The number of benzene rings is 1. The molecule has 1 aromatic carbocycles. The maximum Gasteiger partial charge on any atom is 0.263 e. The second-order valence-electron chi connectivity index (χ2n) is 6.57. The van der Waals surface area contributed by atoms with Crippen molar-refractivity contribution < 1.29 is 4.79 Å². The summed E-state index contributed by atoms with van der Waals surface area (Å²) in [5.74, 6) is -0.153. The van der Waals surface area contributed by atoms with Crippen molar-refractivity contribution in [3.63, 3.8) is 0 Å². The van der Waals surface area contributed by atoms with Crippen molar-refractivity contribution in [3.05, 3.63) is 69.6 Å². The van der Waals surface area contributed by atoms with Gasteiger partial charge in [0.2, 0.25) is 0 Å². The Bertz CT molecular complexity index is 805. The zero-order valence-corrected chi connectivity index (χ0v) is 14.9. The van der Waals surface area contributed by atoms with E-state index in [-0.39, 0.29) is 17.0 Å². The Balaban J connectivity index is 1.79. The van der Waals surface area contributed by atoms with Gasteiger partial charge in [-0.05, 0) is 31.2 Å². The molecule has 1 aliphatic rings. The van der Waals surface area contributed by atoms with Gasteiger partial charge in [0, 0.05) is 32.4 Å². The Morgan fingerprint density at radius 2 is 1.84 bits per heavy atom. The number of hydrogen-bond acceptors (Lipinski definition) is 3. The van der Waals surface area contributed by atoms with Crippen molar-refractivity contribution in [2.75, 3.05) is 32.7 Å². The lowest BCUT2D eigenvalue weighted by Gasteiger charge is -2.34. The monoisotopic (exact) mass is 339 g/mol. The second-order valence-corrected chi connectivity index (χ2v) is 6.57. The van der Waals surface area contributed by atoms with Crippen LogP contribution >= 0.6 is 0 Å². The first-order valence-electron chi connectivity index (χ1n) is 8.85. The van der Waals surface area contributed by atoms with Gasteiger partial charge in [0.05, 0.1) is 6.54 Å². The largest absolute Gasteiger partial charge is 0.336 e. The molecule has 5 nitrogen and oxygen atoms in total. The van der Waals surface area contributed by atoms with Crippen molar-refractivity contribution in [1.82, 2.24) is 14.4 Å². The Labute approximate surface area is 148 Å². The van der Waals surface area contributed by atoms with Crippen LogP contribution in [0.15, 0.2) is 47.4 Å². The fraction of sp³-hybridized carbons (Fsp3) is 0.400. The van der Waals surface area contributed by atoms with E-state index in [1.165, 1.54) is 0 Å². The number of aromatic nitrogens is 1. The van der Waals surface area contributed by atoms with Gasteiger partial charge < -0.3 is 14.4 Å². The van der Waals surface area contributed by atoms with Gasteiger partial charge in [-0.2, -0.15) is 0 Å². The van der Waals surface area contributed by atoms with Crippen LogP contribution in [0.5, 0.6) is 0 Å². The van der Waals surface area contributed by atoms with Crippen molar-refractivity contribution >= 4 is 5.91 Å². The number of hydrogen-bond donors (Lipinski definition) is 0. The van der Waals surface area contributed by atoms with E-state index in [0.29, 0.717) is 19.6 Å². The van der Waals surface area contributed by atoms with Crippen LogP contribution < -0.4 is 5.56 Å². The summed E-state index contributed by atoms with van der Waals surface area (Å²) in [5, 5.41) is 0. The van der Waals surface area contributed by atoms with Crippen LogP contribution in [0.2, 0.25) is 0 Å². The lowest BCUT2D eigenvalue weighted by molar-refractivity contribution is 0.0641. The van der Waals surface area contributed by atoms with E-state index >= 15 is 0 Å². The summed E-state index contributed by atoms with van der Waals surface area (Å²) in [6.45, 7) is 8.72. The molecule has 1 amide bonds. The molecule has 0 unspecified atom stereocenters. The van der Waals surface area contributed by atoms with E-state index in [1.807, 2.05) is 25.1 Å². The summed E-state index contributed by atoms with van der Waals surface area (Å²) in [4.78, 5) is 29.6. The molecule has 0 spiro atoms. The van der Waals surface area contributed by atoms with E-state index < -0.39 is 0 Å². The van der Waals surface area contributed by atoms with Gasteiger partial charge in [-0.25, -0.2) is 0 Å². The molecule has 1 aromatic heterocycles. The lowest BCUT2D eigenvalue weighted by atomic mass is 10.1. The van der Waals surface area contributed by atoms with Gasteiger partial charge in [0.15, 0.2) is 0 Å². The zero-order chi connectivity index (χ0) is 17.8. The van der Waals surface area contributed by atoms with Gasteiger partial charge in [-0.3, -0.25) is 9.59 Å². The molecule has 25 heavy (non-hydrogen) atoms. The normalized spacial score (nSPS) is 15.4. The predicted octanol–water partition coefficient (Wildman–Crippen LogP) is 1.98. The molecule has 132 valence electrons. The first-order chi connectivity index (χ1) is 12.1. The number of carbonyl (C=O) groups is 1. The summed E-state index contributed by atoms with van der Waals surface area (Å²) in [6.07, 6.45) is 1.75. The van der Waals surface area contributed by atoms with Crippen LogP contribution in [-0.4, -0.2) is 53.0 Å². The lowest BCUT2D eigenvalue weighted by Crippen LogP contribution is -2.49. The number of nitrogens with zero attached hydrogens (tertiary/aromatic N) is 3. The minimum absolute atomic E-state index is 0.153. The summed E-state index contributed by atoms with van der Waals surface area (Å²) < 4.78 is 1.62. The molecule has 0 N–H and O–H groups in total. The highest BCUT2D eigenvalue weighted by Crippen LogP contribution is 2.08. The van der Waals surface area contributed by atoms with E-state index in [1.54, 1.807) is 27.8 Å². The van der Waals surface area contributed by atoms with Crippen molar-refractivity contribution in [1.29, 1.82) is 0 Å². The van der Waals surface area contributed by atoms with Crippen LogP contribution in [0, 0.1) is 6.92 Å². The highest BCUT2D eigenvalue weighted by molar-refractivity contribution is 5.93. The number of carbonyl (C=O) groups excluding carboxylic acids is 1. The van der Waals surface area contributed by atoms with Crippen LogP contribution in [-0.2, 0) is 6.54 Å². The molecule has 2 heterocycles. The maximum absolute atomic E-state index is 12.8. The molecule has 0 atom stereocenters. The molecular formula is C20H25N3O2. The SMILES string of the molecule is CCN1CCN(C(=O)c2cccn(Cc3cccc(C)c3)c2=O)CC1. The van der Waals surface area contributed by atoms with Gasteiger partial charge in [0.1, 0.15) is 5.56 Å². The Hall–Kier alpha value is -2.40. The highest BCUT2D eigenvalue weighted by atomic mass is 16.2. The smallest absolute Gasteiger partial charge is 0.263 e. The standard InChI is InChI=1S/C20H25N3O2/c1-3-21-10-12-22(13-11-21)19(24)18-8-5-9-23(20(18)25)15-17-7-4-6-16(2)14-17/h4-9,14H,3,10-13,15H2,1-2H3. The Morgan fingerprint density at radius 3 is 2.52 bits per heavy atom. The number of likely N-dealkylation sites (N-methyl/N-ethyl adjacent to an activating group) is 1. The summed E-state index contributed by atoms with van der Waals surface area (Å²) >= 11 is 0. The molecule has 5 heteroatoms. The Kier molecular flexibility index (Phi) is 5.34. The second kappa shape index (κ2) is 7.66. The van der Waals surface area contributed by atoms with Crippen molar-refractivity contribution in [2.24, 2.45) is 0 Å². The van der Waals surface area contributed by atoms with Crippen LogP contribution in [0.3, 0.4) is 0 Å². The van der Waals surface area contributed by atoms with Gasteiger partial charge >= 0.3 is 0 Å². The van der Waals surface area contributed by atoms with Gasteiger partial charge in [-0.15, -0.1) is 0 Å². The number of pyridine rings is 1. The molecule has 0 aliphatic carbocycles. The molecule has 0 radical (unpaired) electrons. The zero-order valence-electron chi connectivity index (χ0n) is 14.9. The van der Waals surface area contributed by atoms with E-state index in [9.17, 15) is 9.59 Å². The number of amides is 1. The summed E-state index contributed by atoms with van der Waals surface area (Å²) in [7, 11) is 0. The van der Waals surface area contributed by atoms with Crippen LogP contribution in [0.25, 0.3) is 0 Å². The molecule has 1 fully saturated rings. The molecule has 1 aliphatic heterocycles. The van der Waals surface area contributed by atoms with Crippen LogP contribution in [0.4, 0.5) is 0 Å². The first kappa shape index (κ1) is 17.4. The van der Waals surface area contributed by atoms with Gasteiger partial charge in [0.25, 0.3) is 11.5 Å². The highest BCUT2D eigenvalue weighted by Gasteiger charge is 2.23. The number of rotatable bonds is 4. The van der Waals surface area contributed by atoms with Crippen molar-refractivity contribution in [2.45, 2.75) is 20.4 Å².